The van der Waals surface area contributed by atoms with E-state index in [0.717, 1.165) is 4.90 Å². The molecule has 1 spiro atoms. The zero-order chi connectivity index (χ0) is 16.9. The molecule has 1 aromatic carbocycles. The molecule has 1 aliphatic carbocycles. The molecule has 0 radical (unpaired) electrons. The van der Waals surface area contributed by atoms with E-state index in [2.05, 4.69) is 0 Å². The summed E-state index contributed by atoms with van der Waals surface area (Å²) in [7, 11) is 0. The van der Waals surface area contributed by atoms with Crippen molar-refractivity contribution < 1.29 is 23.5 Å². The SMILES string of the molecule is CC1(CN2C(=O)c3ccccc3C2=O)CC2(CC=C1F)OCCO2. The lowest BCUT2D eigenvalue weighted by Gasteiger charge is -2.41. The van der Waals surface area contributed by atoms with Crippen molar-refractivity contribution in [1.82, 2.24) is 4.90 Å². The molecular formula is C18H18FNO4. The van der Waals surface area contributed by atoms with Gasteiger partial charge >= 0.3 is 0 Å². The molecule has 0 N–H and O–H groups in total. The summed E-state index contributed by atoms with van der Waals surface area (Å²) in [5.41, 5.74) is -0.278. The summed E-state index contributed by atoms with van der Waals surface area (Å²) in [4.78, 5) is 26.2. The van der Waals surface area contributed by atoms with Crippen molar-refractivity contribution in [2.24, 2.45) is 5.41 Å². The van der Waals surface area contributed by atoms with Crippen LogP contribution in [0.4, 0.5) is 4.39 Å². The number of rotatable bonds is 2. The summed E-state index contributed by atoms with van der Waals surface area (Å²) in [5.74, 6) is -1.93. The van der Waals surface area contributed by atoms with Gasteiger partial charge in [-0.2, -0.15) is 0 Å². The minimum Gasteiger partial charge on any atom is -0.347 e. The highest BCUT2D eigenvalue weighted by Crippen LogP contribution is 2.47. The number of benzene rings is 1. The normalized spacial score (nSPS) is 28.4. The molecule has 6 heteroatoms. The lowest BCUT2D eigenvalue weighted by Crippen LogP contribution is -2.47. The fourth-order valence-corrected chi connectivity index (χ4v) is 3.82. The van der Waals surface area contributed by atoms with E-state index in [-0.39, 0.29) is 30.6 Å². The fourth-order valence-electron chi connectivity index (χ4n) is 3.82. The molecule has 1 atom stereocenters. The molecule has 1 unspecified atom stereocenters. The molecule has 24 heavy (non-hydrogen) atoms. The molecule has 0 aromatic heterocycles. The molecule has 4 rings (SSSR count). The number of ether oxygens (including phenoxy) is 2. The molecule has 126 valence electrons. The van der Waals surface area contributed by atoms with Crippen LogP contribution in [0.15, 0.2) is 36.2 Å². The topological polar surface area (TPSA) is 55.8 Å². The number of halogens is 1. The average molecular weight is 331 g/mol. The first-order valence-corrected chi connectivity index (χ1v) is 8.03. The van der Waals surface area contributed by atoms with Crippen LogP contribution >= 0.6 is 0 Å². The van der Waals surface area contributed by atoms with E-state index in [1.807, 2.05) is 0 Å². The zero-order valence-corrected chi connectivity index (χ0v) is 13.4. The monoisotopic (exact) mass is 331 g/mol. The molecule has 0 saturated carbocycles. The van der Waals surface area contributed by atoms with Crippen molar-refractivity contribution in [3.8, 4) is 0 Å². The molecule has 2 amide bonds. The van der Waals surface area contributed by atoms with Gasteiger partial charge in [-0.15, -0.1) is 0 Å². The van der Waals surface area contributed by atoms with Gasteiger partial charge in [-0.3, -0.25) is 14.5 Å². The van der Waals surface area contributed by atoms with Crippen LogP contribution in [-0.2, 0) is 9.47 Å². The quantitative estimate of drug-likeness (QED) is 0.782. The number of carbonyl (C=O) groups excluding carboxylic acids is 2. The number of hydrogen-bond donors (Lipinski definition) is 0. The minimum atomic E-state index is -1.02. The van der Waals surface area contributed by atoms with Crippen LogP contribution < -0.4 is 0 Å². The Morgan fingerprint density at radius 1 is 1.12 bits per heavy atom. The first kappa shape index (κ1) is 15.5. The third-order valence-electron chi connectivity index (χ3n) is 5.03. The van der Waals surface area contributed by atoms with Gasteiger partial charge < -0.3 is 9.47 Å². The van der Waals surface area contributed by atoms with Gasteiger partial charge in [0.1, 0.15) is 5.83 Å². The molecule has 5 nitrogen and oxygen atoms in total. The van der Waals surface area contributed by atoms with Gasteiger partial charge in [0.2, 0.25) is 0 Å². The number of nitrogens with zero attached hydrogens (tertiary/aromatic N) is 1. The van der Waals surface area contributed by atoms with Gasteiger partial charge in [-0.1, -0.05) is 19.1 Å². The number of hydrogen-bond acceptors (Lipinski definition) is 4. The number of imide groups is 1. The van der Waals surface area contributed by atoms with Crippen LogP contribution in [-0.4, -0.2) is 42.3 Å². The van der Waals surface area contributed by atoms with Crippen molar-refractivity contribution in [2.45, 2.75) is 25.6 Å². The Bertz CT molecular complexity index is 718. The molecular weight excluding hydrogens is 313 g/mol. The van der Waals surface area contributed by atoms with Crippen molar-refractivity contribution in [1.29, 1.82) is 0 Å². The maximum absolute atomic E-state index is 14.6. The Kier molecular flexibility index (Phi) is 3.37. The largest absolute Gasteiger partial charge is 0.347 e. The van der Waals surface area contributed by atoms with E-state index < -0.39 is 11.2 Å². The van der Waals surface area contributed by atoms with Crippen molar-refractivity contribution in [3.63, 3.8) is 0 Å². The van der Waals surface area contributed by atoms with Gasteiger partial charge in [0.15, 0.2) is 5.79 Å². The molecule has 1 aromatic rings. The van der Waals surface area contributed by atoms with Crippen LogP contribution in [0.3, 0.4) is 0 Å². The van der Waals surface area contributed by atoms with E-state index >= 15 is 0 Å². The molecule has 0 bridgehead atoms. The highest BCUT2D eigenvalue weighted by molar-refractivity contribution is 6.21. The lowest BCUT2D eigenvalue weighted by atomic mass is 9.76. The summed E-state index contributed by atoms with van der Waals surface area (Å²) < 4.78 is 26.0. The summed E-state index contributed by atoms with van der Waals surface area (Å²) in [6, 6.07) is 6.67. The molecule has 1 saturated heterocycles. The first-order chi connectivity index (χ1) is 11.4. The van der Waals surface area contributed by atoms with Crippen LogP contribution in [0, 0.1) is 5.41 Å². The smallest absolute Gasteiger partial charge is 0.261 e. The van der Waals surface area contributed by atoms with Crippen LogP contribution in [0.5, 0.6) is 0 Å². The predicted octanol–water partition coefficient (Wildman–Crippen LogP) is 2.68. The van der Waals surface area contributed by atoms with Crippen molar-refractivity contribution in [3.05, 3.63) is 47.3 Å². The minimum absolute atomic E-state index is 0.0316. The second-order valence-corrected chi connectivity index (χ2v) is 6.84. The standard InChI is InChI=1S/C18H18FNO4/c1-17(10-18(7-6-14(17)19)23-8-9-24-18)11-20-15(21)12-4-2-3-5-13(12)16(20)22/h2-6H,7-11H2,1H3. The van der Waals surface area contributed by atoms with Crippen LogP contribution in [0.2, 0.25) is 0 Å². The van der Waals surface area contributed by atoms with E-state index in [1.54, 1.807) is 31.2 Å². The van der Waals surface area contributed by atoms with Crippen LogP contribution in [0.1, 0.15) is 40.5 Å². The molecule has 2 aliphatic heterocycles. The summed E-state index contributed by atoms with van der Waals surface area (Å²) in [5, 5.41) is 0. The number of amides is 2. The van der Waals surface area contributed by atoms with E-state index in [9.17, 15) is 14.0 Å². The predicted molar refractivity (Wildman–Crippen MR) is 83.0 cm³/mol. The maximum Gasteiger partial charge on any atom is 0.261 e. The maximum atomic E-state index is 14.6. The molecule has 2 heterocycles. The van der Waals surface area contributed by atoms with Gasteiger partial charge in [0, 0.05) is 24.8 Å². The van der Waals surface area contributed by atoms with Gasteiger partial charge in [-0.05, 0) is 18.2 Å². The Hall–Kier alpha value is -2.05. The zero-order valence-electron chi connectivity index (χ0n) is 13.4. The first-order valence-electron chi connectivity index (χ1n) is 8.03. The Labute approximate surface area is 139 Å². The van der Waals surface area contributed by atoms with Gasteiger partial charge in [-0.25, -0.2) is 4.39 Å². The third-order valence-corrected chi connectivity index (χ3v) is 5.03. The Morgan fingerprint density at radius 2 is 1.71 bits per heavy atom. The second kappa shape index (κ2) is 5.22. The fraction of sp³-hybridized carbons (Fsp3) is 0.444. The number of fused-ring (bicyclic) bond motifs is 1. The van der Waals surface area contributed by atoms with Gasteiger partial charge in [0.25, 0.3) is 11.8 Å². The Balaban J connectivity index is 1.63. The van der Waals surface area contributed by atoms with Crippen LogP contribution in [0.25, 0.3) is 0 Å². The van der Waals surface area contributed by atoms with E-state index in [1.165, 1.54) is 6.08 Å². The molecule has 1 fully saturated rings. The van der Waals surface area contributed by atoms with Crippen molar-refractivity contribution in [2.75, 3.05) is 19.8 Å². The highest BCUT2D eigenvalue weighted by Gasteiger charge is 2.50. The number of carbonyl (C=O) groups is 2. The Morgan fingerprint density at radius 3 is 2.29 bits per heavy atom. The summed E-state index contributed by atoms with van der Waals surface area (Å²) in [6.45, 7) is 2.61. The van der Waals surface area contributed by atoms with E-state index in [4.69, 9.17) is 9.47 Å². The van der Waals surface area contributed by atoms with Crippen molar-refractivity contribution >= 4 is 11.8 Å². The lowest BCUT2D eigenvalue weighted by molar-refractivity contribution is -0.181. The second-order valence-electron chi connectivity index (χ2n) is 6.84. The van der Waals surface area contributed by atoms with Gasteiger partial charge in [0.05, 0.1) is 24.3 Å². The summed E-state index contributed by atoms with van der Waals surface area (Å²) >= 11 is 0. The molecule has 3 aliphatic rings. The average Bonchev–Trinajstić information content (AvgIpc) is 3.11. The van der Waals surface area contributed by atoms with E-state index in [0.29, 0.717) is 30.8 Å². The third kappa shape index (κ3) is 2.21. The highest BCUT2D eigenvalue weighted by atomic mass is 19.1. The summed E-state index contributed by atoms with van der Waals surface area (Å²) in [6.07, 6.45) is 2.07.